The van der Waals surface area contributed by atoms with Gasteiger partial charge in [0.25, 0.3) is 5.78 Å². The van der Waals surface area contributed by atoms with E-state index in [2.05, 4.69) is 4.98 Å². The lowest BCUT2D eigenvalue weighted by molar-refractivity contribution is -0.0885. The van der Waals surface area contributed by atoms with Crippen LogP contribution in [-0.2, 0) is 0 Å². The summed E-state index contributed by atoms with van der Waals surface area (Å²) < 4.78 is 35.9. The Kier molecular flexibility index (Phi) is 2.64. The van der Waals surface area contributed by atoms with Gasteiger partial charge in [-0.3, -0.25) is 14.6 Å². The normalized spacial score (nSPS) is 11.1. The molecule has 0 aliphatic carbocycles. The minimum Gasteiger partial charge on any atom is -0.296 e. The molecule has 1 aromatic heterocycles. The van der Waals surface area contributed by atoms with Gasteiger partial charge in [0.15, 0.2) is 6.29 Å². The quantitative estimate of drug-likeness (QED) is 0.542. The van der Waals surface area contributed by atoms with Gasteiger partial charge < -0.3 is 0 Å². The van der Waals surface area contributed by atoms with Crippen molar-refractivity contribution in [3.63, 3.8) is 0 Å². The molecule has 1 rings (SSSR count). The Bertz CT molecular complexity index is 373. The lowest BCUT2D eigenvalue weighted by atomic mass is 10.1. The van der Waals surface area contributed by atoms with E-state index in [1.54, 1.807) is 0 Å². The summed E-state index contributed by atoms with van der Waals surface area (Å²) in [6, 6.07) is 2.07. The molecule has 0 saturated carbocycles. The highest BCUT2D eigenvalue weighted by Gasteiger charge is 2.40. The average molecular weight is 203 g/mol. The van der Waals surface area contributed by atoms with Crippen LogP contribution in [0.5, 0.6) is 0 Å². The number of nitrogens with zero attached hydrogens (tertiary/aromatic N) is 1. The number of hydrogen-bond donors (Lipinski definition) is 0. The standard InChI is InChI=1S/C8H4F3NO2/c9-8(10,11)7(14)5-2-1-3-12-6(5)4-13/h1-4H. The van der Waals surface area contributed by atoms with E-state index in [9.17, 15) is 22.8 Å². The van der Waals surface area contributed by atoms with Crippen molar-refractivity contribution >= 4 is 12.1 Å². The topological polar surface area (TPSA) is 47.0 Å². The molecule has 0 atom stereocenters. The Balaban J connectivity index is 3.19. The van der Waals surface area contributed by atoms with Gasteiger partial charge in [0, 0.05) is 6.20 Å². The summed E-state index contributed by atoms with van der Waals surface area (Å²) in [7, 11) is 0. The second-order valence-electron chi connectivity index (χ2n) is 2.38. The van der Waals surface area contributed by atoms with Gasteiger partial charge in [-0.25, -0.2) is 0 Å². The predicted octanol–water partition coefficient (Wildman–Crippen LogP) is 1.64. The van der Waals surface area contributed by atoms with Crippen LogP contribution in [0.4, 0.5) is 13.2 Å². The third-order valence-electron chi connectivity index (χ3n) is 1.45. The van der Waals surface area contributed by atoms with Crippen molar-refractivity contribution in [1.82, 2.24) is 4.98 Å². The molecule has 0 fully saturated rings. The van der Waals surface area contributed by atoms with Crippen molar-refractivity contribution in [3.8, 4) is 0 Å². The summed E-state index contributed by atoms with van der Waals surface area (Å²) in [5.74, 6) is -2.06. The molecule has 14 heavy (non-hydrogen) atoms. The van der Waals surface area contributed by atoms with Gasteiger partial charge in [0.05, 0.1) is 5.56 Å². The Labute approximate surface area is 76.6 Å². The highest BCUT2D eigenvalue weighted by atomic mass is 19.4. The first-order chi connectivity index (χ1) is 6.46. The zero-order valence-electron chi connectivity index (χ0n) is 6.71. The predicted molar refractivity (Wildman–Crippen MR) is 40.0 cm³/mol. The lowest BCUT2D eigenvalue weighted by Gasteiger charge is -2.05. The Morgan fingerprint density at radius 3 is 2.57 bits per heavy atom. The van der Waals surface area contributed by atoms with Crippen LogP contribution in [0.2, 0.25) is 0 Å². The van der Waals surface area contributed by atoms with Crippen molar-refractivity contribution in [1.29, 1.82) is 0 Å². The maximum absolute atomic E-state index is 12.0. The van der Waals surface area contributed by atoms with E-state index in [4.69, 9.17) is 0 Å². The fourth-order valence-corrected chi connectivity index (χ4v) is 0.856. The second-order valence-corrected chi connectivity index (χ2v) is 2.38. The maximum atomic E-state index is 12.0. The van der Waals surface area contributed by atoms with E-state index < -0.39 is 23.2 Å². The number of carbonyl (C=O) groups is 2. The van der Waals surface area contributed by atoms with Crippen molar-refractivity contribution in [2.24, 2.45) is 0 Å². The lowest BCUT2D eigenvalue weighted by Crippen LogP contribution is -2.24. The van der Waals surface area contributed by atoms with Crippen LogP contribution in [0.25, 0.3) is 0 Å². The second kappa shape index (κ2) is 3.57. The van der Waals surface area contributed by atoms with Crippen LogP contribution in [0.15, 0.2) is 18.3 Å². The number of alkyl halides is 3. The van der Waals surface area contributed by atoms with E-state index in [1.807, 2.05) is 0 Å². The molecule has 0 spiro atoms. The maximum Gasteiger partial charge on any atom is 0.454 e. The first kappa shape index (κ1) is 10.4. The molecule has 0 aliphatic rings. The molecule has 0 N–H and O–H groups in total. The van der Waals surface area contributed by atoms with E-state index in [0.29, 0.717) is 0 Å². The van der Waals surface area contributed by atoms with E-state index in [-0.39, 0.29) is 6.29 Å². The highest BCUT2D eigenvalue weighted by molar-refractivity contribution is 6.04. The molecule has 3 nitrogen and oxygen atoms in total. The summed E-state index contributed by atoms with van der Waals surface area (Å²) in [6.07, 6.45) is -3.74. The zero-order valence-corrected chi connectivity index (χ0v) is 6.71. The van der Waals surface area contributed by atoms with Crippen LogP contribution in [0, 0.1) is 0 Å². The van der Waals surface area contributed by atoms with Gasteiger partial charge in [-0.1, -0.05) is 0 Å². The van der Waals surface area contributed by atoms with E-state index in [1.165, 1.54) is 0 Å². The first-order valence-electron chi connectivity index (χ1n) is 3.48. The fourth-order valence-electron chi connectivity index (χ4n) is 0.856. The minimum absolute atomic E-state index is 0.110. The molecule has 0 aromatic carbocycles. The molecule has 0 bridgehead atoms. The van der Waals surface area contributed by atoms with Gasteiger partial charge in [0.1, 0.15) is 5.69 Å². The average Bonchev–Trinajstić information content (AvgIpc) is 2.15. The molecule has 1 aromatic rings. The fraction of sp³-hybridized carbons (Fsp3) is 0.125. The zero-order chi connectivity index (χ0) is 10.8. The SMILES string of the molecule is O=Cc1ncccc1C(=O)C(F)(F)F. The molecule has 0 aliphatic heterocycles. The van der Waals surface area contributed by atoms with E-state index >= 15 is 0 Å². The molecule has 0 radical (unpaired) electrons. The number of hydrogen-bond acceptors (Lipinski definition) is 3. The van der Waals surface area contributed by atoms with Crippen molar-refractivity contribution in [2.45, 2.75) is 6.18 Å². The largest absolute Gasteiger partial charge is 0.454 e. The van der Waals surface area contributed by atoms with Gasteiger partial charge in [-0.05, 0) is 12.1 Å². The Hall–Kier alpha value is -1.72. The summed E-state index contributed by atoms with van der Waals surface area (Å²) in [5, 5.41) is 0. The summed E-state index contributed by atoms with van der Waals surface area (Å²) in [5.41, 5.74) is -1.23. The summed E-state index contributed by atoms with van der Waals surface area (Å²) in [4.78, 5) is 24.3. The van der Waals surface area contributed by atoms with Crippen molar-refractivity contribution in [3.05, 3.63) is 29.6 Å². The van der Waals surface area contributed by atoms with Crippen molar-refractivity contribution in [2.75, 3.05) is 0 Å². The number of halogens is 3. The summed E-state index contributed by atoms with van der Waals surface area (Å²) >= 11 is 0. The molecule has 1 heterocycles. The smallest absolute Gasteiger partial charge is 0.296 e. The molecule has 0 amide bonds. The number of pyridine rings is 1. The van der Waals surface area contributed by atoms with Crippen LogP contribution in [0.1, 0.15) is 20.8 Å². The molecular formula is C8H4F3NO2. The number of carbonyl (C=O) groups excluding carboxylic acids is 2. The van der Waals surface area contributed by atoms with Crippen LogP contribution in [0.3, 0.4) is 0 Å². The third kappa shape index (κ3) is 1.95. The molecule has 0 saturated heterocycles. The van der Waals surface area contributed by atoms with Gasteiger partial charge >= 0.3 is 6.18 Å². The highest BCUT2D eigenvalue weighted by Crippen LogP contribution is 2.22. The van der Waals surface area contributed by atoms with Gasteiger partial charge in [0.2, 0.25) is 0 Å². The Morgan fingerprint density at radius 2 is 2.07 bits per heavy atom. The minimum atomic E-state index is -4.99. The van der Waals surface area contributed by atoms with Crippen LogP contribution >= 0.6 is 0 Å². The number of aldehydes is 1. The molecule has 6 heteroatoms. The molecule has 74 valence electrons. The van der Waals surface area contributed by atoms with Gasteiger partial charge in [-0.15, -0.1) is 0 Å². The first-order valence-corrected chi connectivity index (χ1v) is 3.48. The number of aromatic nitrogens is 1. The third-order valence-corrected chi connectivity index (χ3v) is 1.45. The number of rotatable bonds is 2. The van der Waals surface area contributed by atoms with E-state index in [0.717, 1.165) is 18.3 Å². The Morgan fingerprint density at radius 1 is 1.43 bits per heavy atom. The van der Waals surface area contributed by atoms with Crippen molar-refractivity contribution < 1.29 is 22.8 Å². The summed E-state index contributed by atoms with van der Waals surface area (Å²) in [6.45, 7) is 0. The van der Waals surface area contributed by atoms with Gasteiger partial charge in [-0.2, -0.15) is 13.2 Å². The molecule has 0 unspecified atom stereocenters. The molecular weight excluding hydrogens is 199 g/mol. The number of Topliss-reactive ketones (excluding diaryl/α,β-unsaturated/α-hetero) is 1. The monoisotopic (exact) mass is 203 g/mol. The van der Waals surface area contributed by atoms with Crippen LogP contribution in [-0.4, -0.2) is 23.2 Å². The number of ketones is 1. The van der Waals surface area contributed by atoms with Crippen LogP contribution < -0.4 is 0 Å².